The molecule has 3 aromatic heterocycles. The number of pyridine rings is 1. The van der Waals surface area contributed by atoms with Gasteiger partial charge in [0.1, 0.15) is 0 Å². The summed E-state index contributed by atoms with van der Waals surface area (Å²) in [6, 6.07) is 41.9. The first kappa shape index (κ1) is 25.0. The van der Waals surface area contributed by atoms with Gasteiger partial charge in [-0.1, -0.05) is 104 Å². The van der Waals surface area contributed by atoms with Gasteiger partial charge in [0.05, 0.1) is 15.9 Å². The van der Waals surface area contributed by atoms with Gasteiger partial charge in [0.25, 0.3) is 0 Å². The van der Waals surface area contributed by atoms with E-state index in [1.165, 1.54) is 58.9 Å². The molecule has 0 bridgehead atoms. The molecule has 3 heterocycles. The predicted octanol–water partition coefficient (Wildman–Crippen LogP) is 11.8. The predicted molar refractivity (Wildman–Crippen MR) is 192 cm³/mol. The van der Waals surface area contributed by atoms with Crippen LogP contribution < -0.4 is 0 Å². The zero-order valence-electron chi connectivity index (χ0n) is 23.9. The summed E-state index contributed by atoms with van der Waals surface area (Å²) in [5.41, 5.74) is 5.62. The third kappa shape index (κ3) is 3.45. The van der Waals surface area contributed by atoms with Crippen molar-refractivity contribution in [3.8, 4) is 16.9 Å². The van der Waals surface area contributed by atoms with Gasteiger partial charge < -0.3 is 0 Å². The Bertz CT molecular complexity index is 2620. The van der Waals surface area contributed by atoms with Crippen molar-refractivity contribution < 1.29 is 0 Å². The lowest BCUT2D eigenvalue weighted by atomic mass is 9.92. The van der Waals surface area contributed by atoms with Crippen LogP contribution in [0, 0.1) is 0 Å². The number of nitrogens with zero attached hydrogens (tertiary/aromatic N) is 2. The molecule has 0 amide bonds. The lowest BCUT2D eigenvalue weighted by Gasteiger charge is -2.12. The molecule has 0 saturated heterocycles. The maximum absolute atomic E-state index is 4.94. The van der Waals surface area contributed by atoms with E-state index in [9.17, 15) is 0 Å². The Morgan fingerprint density at radius 1 is 0.545 bits per heavy atom. The van der Waals surface area contributed by atoms with Gasteiger partial charge in [-0.25, -0.2) is 4.98 Å². The molecule has 0 aliphatic heterocycles. The molecule has 0 N–H and O–H groups in total. The van der Waals surface area contributed by atoms with Crippen LogP contribution in [0.3, 0.4) is 0 Å². The molecular weight excluding hydrogens is 553 g/mol. The van der Waals surface area contributed by atoms with Crippen molar-refractivity contribution in [2.75, 3.05) is 0 Å². The molecule has 6 aromatic carbocycles. The molecule has 44 heavy (non-hydrogen) atoms. The van der Waals surface area contributed by atoms with Crippen molar-refractivity contribution in [2.45, 2.75) is 0 Å². The number of aromatic nitrogens is 2. The average Bonchev–Trinajstić information content (AvgIpc) is 3.63. The Morgan fingerprint density at radius 2 is 1.14 bits per heavy atom. The smallest absolute Gasteiger partial charge is 0.155 e. The Morgan fingerprint density at radius 3 is 1.82 bits per heavy atom. The Labute approximate surface area is 258 Å². The molecule has 0 saturated carbocycles. The van der Waals surface area contributed by atoms with Crippen LogP contribution in [0.5, 0.6) is 0 Å². The van der Waals surface area contributed by atoms with Crippen molar-refractivity contribution in [1.82, 2.24) is 9.55 Å². The number of benzene rings is 6. The fraction of sp³-hybridized carbons (Fsp3) is 0. The van der Waals surface area contributed by atoms with Gasteiger partial charge in [0.2, 0.25) is 0 Å². The van der Waals surface area contributed by atoms with Gasteiger partial charge in [-0.2, -0.15) is 0 Å². The number of hydrogen-bond donors (Lipinski definition) is 0. The summed E-state index contributed by atoms with van der Waals surface area (Å²) >= 11 is 1.79. The maximum atomic E-state index is 4.94. The van der Waals surface area contributed by atoms with E-state index in [1.807, 2.05) is 18.3 Å². The second-order valence-electron chi connectivity index (χ2n) is 11.2. The van der Waals surface area contributed by atoms with Crippen LogP contribution in [0.2, 0.25) is 0 Å². The number of rotatable bonds is 4. The lowest BCUT2D eigenvalue weighted by molar-refractivity contribution is 1.05. The van der Waals surface area contributed by atoms with Gasteiger partial charge in [0, 0.05) is 32.6 Å². The molecular formula is C41H26N2S. The number of hydrogen-bond acceptors (Lipinski definition) is 2. The molecule has 2 nitrogen and oxygen atoms in total. The maximum Gasteiger partial charge on any atom is 0.155 e. The summed E-state index contributed by atoms with van der Waals surface area (Å²) in [5, 5.41) is 11.4. The fourth-order valence-corrected chi connectivity index (χ4v) is 8.20. The van der Waals surface area contributed by atoms with Crippen molar-refractivity contribution >= 4 is 86.9 Å². The molecule has 3 heteroatoms. The van der Waals surface area contributed by atoms with Gasteiger partial charge in [-0.05, 0) is 79.9 Å². The SMILES string of the molecule is C=Cc1c(C=C)n(-c2nccc3c2sc2ccc(-c4ccc5c6ccccc6c6ccccc6c5c4)cc23)c2ccccc12. The molecule has 0 aliphatic carbocycles. The van der Waals surface area contributed by atoms with Crippen LogP contribution in [0.1, 0.15) is 11.3 Å². The first-order valence-corrected chi connectivity index (χ1v) is 15.6. The van der Waals surface area contributed by atoms with Crippen LogP contribution in [0.25, 0.3) is 92.5 Å². The highest BCUT2D eigenvalue weighted by atomic mass is 32.1. The average molecular weight is 579 g/mol. The van der Waals surface area contributed by atoms with Crippen molar-refractivity contribution in [3.05, 3.63) is 146 Å². The van der Waals surface area contributed by atoms with Gasteiger partial charge in [-0.15, -0.1) is 11.3 Å². The largest absolute Gasteiger partial charge is 0.293 e. The van der Waals surface area contributed by atoms with Crippen LogP contribution in [0.15, 0.2) is 135 Å². The van der Waals surface area contributed by atoms with Crippen LogP contribution >= 0.6 is 11.3 Å². The molecule has 0 fully saturated rings. The van der Waals surface area contributed by atoms with E-state index in [0.717, 1.165) is 32.7 Å². The Balaban J connectivity index is 1.27. The summed E-state index contributed by atoms with van der Waals surface area (Å²) in [7, 11) is 0. The van der Waals surface area contributed by atoms with Crippen molar-refractivity contribution in [3.63, 3.8) is 0 Å². The summed E-state index contributed by atoms with van der Waals surface area (Å²) in [6.45, 7) is 8.26. The minimum Gasteiger partial charge on any atom is -0.293 e. The topological polar surface area (TPSA) is 17.8 Å². The highest BCUT2D eigenvalue weighted by Gasteiger charge is 2.19. The van der Waals surface area contributed by atoms with E-state index >= 15 is 0 Å². The quantitative estimate of drug-likeness (QED) is 0.190. The van der Waals surface area contributed by atoms with Gasteiger partial charge in [-0.3, -0.25) is 4.57 Å². The van der Waals surface area contributed by atoms with Crippen molar-refractivity contribution in [2.24, 2.45) is 0 Å². The van der Waals surface area contributed by atoms with E-state index in [2.05, 4.69) is 133 Å². The zero-order chi connectivity index (χ0) is 29.4. The zero-order valence-corrected chi connectivity index (χ0v) is 24.7. The van der Waals surface area contributed by atoms with Gasteiger partial charge in [0.15, 0.2) is 5.82 Å². The van der Waals surface area contributed by atoms with E-state index in [0.29, 0.717) is 0 Å². The normalized spacial score (nSPS) is 11.8. The Hall–Kier alpha value is -5.51. The molecule has 206 valence electrons. The van der Waals surface area contributed by atoms with Crippen LogP contribution in [-0.4, -0.2) is 9.55 Å². The molecule has 0 unspecified atom stereocenters. The number of para-hydroxylation sites is 1. The van der Waals surface area contributed by atoms with E-state index in [4.69, 9.17) is 4.98 Å². The molecule has 0 spiro atoms. The molecule has 0 atom stereocenters. The van der Waals surface area contributed by atoms with E-state index in [1.54, 1.807) is 11.3 Å². The van der Waals surface area contributed by atoms with Crippen LogP contribution in [0.4, 0.5) is 0 Å². The third-order valence-electron chi connectivity index (χ3n) is 9.01. The first-order chi connectivity index (χ1) is 21.7. The number of fused-ring (bicyclic) bond motifs is 10. The summed E-state index contributed by atoms with van der Waals surface area (Å²) in [6.07, 6.45) is 5.76. The second-order valence-corrected chi connectivity index (χ2v) is 12.3. The second kappa shape index (κ2) is 9.50. The standard InChI is InChI=1S/C41H26N2S/c1-3-27-33-15-9-10-16-38(33)43(37(27)4-2)41-40-34(21-22-42-41)36-24-26(18-20-39(36)44-40)25-17-19-32-30-13-6-5-11-28(30)29-12-7-8-14-31(29)35(32)23-25/h3-24H,1-2H2. The lowest BCUT2D eigenvalue weighted by Crippen LogP contribution is -1.99. The Kier molecular flexibility index (Phi) is 5.40. The molecule has 0 radical (unpaired) electrons. The van der Waals surface area contributed by atoms with E-state index < -0.39 is 0 Å². The highest BCUT2D eigenvalue weighted by Crippen LogP contribution is 2.42. The summed E-state index contributed by atoms with van der Waals surface area (Å²) < 4.78 is 4.64. The summed E-state index contributed by atoms with van der Waals surface area (Å²) in [5.74, 6) is 0.925. The van der Waals surface area contributed by atoms with Gasteiger partial charge >= 0.3 is 0 Å². The third-order valence-corrected chi connectivity index (χ3v) is 10.2. The molecule has 0 aliphatic rings. The minimum absolute atomic E-state index is 0.925. The monoisotopic (exact) mass is 578 g/mol. The molecule has 9 rings (SSSR count). The highest BCUT2D eigenvalue weighted by molar-refractivity contribution is 7.26. The van der Waals surface area contributed by atoms with Crippen molar-refractivity contribution in [1.29, 1.82) is 0 Å². The van der Waals surface area contributed by atoms with E-state index in [-0.39, 0.29) is 0 Å². The van der Waals surface area contributed by atoms with Crippen LogP contribution in [-0.2, 0) is 0 Å². The first-order valence-electron chi connectivity index (χ1n) is 14.8. The molecule has 9 aromatic rings. The summed E-state index contributed by atoms with van der Waals surface area (Å²) in [4.78, 5) is 4.94. The minimum atomic E-state index is 0.925. The fourth-order valence-electron chi connectivity index (χ4n) is 7.04. The number of thiophene rings is 1.